The van der Waals surface area contributed by atoms with Crippen molar-refractivity contribution < 1.29 is 8.63 Å². The zero-order chi connectivity index (χ0) is 9.42. The van der Waals surface area contributed by atoms with Crippen molar-refractivity contribution in [2.45, 2.75) is 31.9 Å². The van der Waals surface area contributed by atoms with E-state index in [1.165, 1.54) is 0 Å². The summed E-state index contributed by atoms with van der Waals surface area (Å²) >= 11 is 0. The quantitative estimate of drug-likeness (QED) is 0.690. The Bertz CT molecular complexity index is 343. The second kappa shape index (κ2) is 3.25. The van der Waals surface area contributed by atoms with E-state index in [2.05, 4.69) is 4.98 Å². The molecular weight excluding hydrogens is 186 g/mol. The molecule has 0 saturated carbocycles. The molecule has 1 unspecified atom stereocenters. The van der Waals surface area contributed by atoms with Crippen LogP contribution in [0.1, 0.15) is 37.1 Å². The van der Waals surface area contributed by atoms with Gasteiger partial charge in [0.1, 0.15) is 5.76 Å². The minimum Gasteiger partial charge on any atom is -0.445 e. The molecule has 1 aliphatic rings. The summed E-state index contributed by atoms with van der Waals surface area (Å²) < 4.78 is 16.8. The van der Waals surface area contributed by atoms with Crippen molar-refractivity contribution in [3.05, 3.63) is 17.3 Å². The van der Waals surface area contributed by atoms with Gasteiger partial charge < -0.3 is 4.42 Å². The number of oxazole rings is 1. The van der Waals surface area contributed by atoms with Crippen LogP contribution in [0.2, 0.25) is 0 Å². The lowest BCUT2D eigenvalue weighted by Gasteiger charge is -2.06. The second-order valence-electron chi connectivity index (χ2n) is 3.61. The summed E-state index contributed by atoms with van der Waals surface area (Å²) in [5.41, 5.74) is 0.910. The number of aromatic nitrogens is 1. The Labute approximate surface area is 80.0 Å². The third-order valence-electron chi connectivity index (χ3n) is 2.14. The predicted molar refractivity (Wildman–Crippen MR) is 51.0 cm³/mol. The van der Waals surface area contributed by atoms with E-state index in [0.29, 0.717) is 11.7 Å². The predicted octanol–water partition coefficient (Wildman–Crippen LogP) is 1.60. The molecule has 4 heteroatoms. The van der Waals surface area contributed by atoms with Crippen molar-refractivity contribution in [3.8, 4) is 0 Å². The van der Waals surface area contributed by atoms with Gasteiger partial charge in [0, 0.05) is 28.9 Å². The Morgan fingerprint density at radius 3 is 3.00 bits per heavy atom. The summed E-state index contributed by atoms with van der Waals surface area (Å²) in [6, 6.07) is 0. The average molecular weight is 199 g/mol. The maximum absolute atomic E-state index is 11.2. The van der Waals surface area contributed by atoms with Crippen molar-refractivity contribution in [1.82, 2.24) is 4.98 Å². The van der Waals surface area contributed by atoms with E-state index < -0.39 is 10.8 Å². The minimum absolute atomic E-state index is 0.319. The first-order valence-corrected chi connectivity index (χ1v) is 5.99. The van der Waals surface area contributed by atoms with Crippen LogP contribution in [-0.2, 0) is 23.0 Å². The Kier molecular flexibility index (Phi) is 2.24. The molecule has 0 aromatic carbocycles. The Morgan fingerprint density at radius 2 is 2.31 bits per heavy atom. The first-order valence-electron chi connectivity index (χ1n) is 4.50. The van der Waals surface area contributed by atoms with Crippen molar-refractivity contribution in [3.63, 3.8) is 0 Å². The molecule has 0 N–H and O–H groups in total. The molecule has 13 heavy (non-hydrogen) atoms. The molecule has 2 heterocycles. The number of nitrogens with zero attached hydrogens (tertiary/aromatic N) is 1. The Hall–Kier alpha value is -0.640. The molecule has 0 amide bonds. The fraction of sp³-hybridized carbons (Fsp3) is 0.667. The molecule has 1 aliphatic heterocycles. The van der Waals surface area contributed by atoms with Crippen LogP contribution in [-0.4, -0.2) is 14.9 Å². The van der Waals surface area contributed by atoms with Crippen LogP contribution >= 0.6 is 0 Å². The summed E-state index contributed by atoms with van der Waals surface area (Å²) in [5, 5.41) is 0. The molecule has 1 aromatic heterocycles. The second-order valence-corrected chi connectivity index (χ2v) is 5.19. The van der Waals surface area contributed by atoms with Gasteiger partial charge in [-0.15, -0.1) is 0 Å². The summed E-state index contributed by atoms with van der Waals surface area (Å²) in [6.45, 7) is 4.10. The summed E-state index contributed by atoms with van der Waals surface area (Å²) in [6.07, 6.45) is 0.779. The van der Waals surface area contributed by atoms with Crippen molar-refractivity contribution in [2.75, 3.05) is 5.75 Å². The van der Waals surface area contributed by atoms with Crippen LogP contribution in [0.15, 0.2) is 4.42 Å². The van der Waals surface area contributed by atoms with Crippen LogP contribution in [0.5, 0.6) is 0 Å². The first kappa shape index (κ1) is 8.94. The third kappa shape index (κ3) is 1.68. The van der Waals surface area contributed by atoms with E-state index in [4.69, 9.17) is 4.42 Å². The van der Waals surface area contributed by atoms with Gasteiger partial charge in [-0.1, -0.05) is 13.8 Å². The van der Waals surface area contributed by atoms with E-state index in [9.17, 15) is 4.21 Å². The molecule has 0 spiro atoms. The molecular formula is C9H13NO2S. The van der Waals surface area contributed by atoms with Gasteiger partial charge >= 0.3 is 0 Å². The van der Waals surface area contributed by atoms with Crippen molar-refractivity contribution >= 4 is 10.8 Å². The lowest BCUT2D eigenvalue weighted by Crippen LogP contribution is -2.11. The Balaban J connectivity index is 2.33. The number of aryl methyl sites for hydroxylation is 1. The van der Waals surface area contributed by atoms with E-state index in [1.54, 1.807) is 0 Å². The fourth-order valence-electron chi connectivity index (χ4n) is 1.39. The average Bonchev–Trinajstić information content (AvgIpc) is 2.46. The summed E-state index contributed by atoms with van der Waals surface area (Å²) in [7, 11) is -0.724. The smallest absolute Gasteiger partial charge is 0.197 e. The molecule has 72 valence electrons. The molecule has 0 bridgehead atoms. The highest BCUT2D eigenvalue weighted by atomic mass is 32.2. The van der Waals surface area contributed by atoms with Crippen LogP contribution in [0.25, 0.3) is 0 Å². The molecule has 2 rings (SSSR count). The van der Waals surface area contributed by atoms with Gasteiger partial charge in [-0.05, 0) is 0 Å². The topological polar surface area (TPSA) is 43.1 Å². The zero-order valence-electron chi connectivity index (χ0n) is 7.87. The molecule has 3 nitrogen and oxygen atoms in total. The monoisotopic (exact) mass is 199 g/mol. The zero-order valence-corrected chi connectivity index (χ0v) is 8.69. The molecule has 0 aliphatic carbocycles. The lowest BCUT2D eigenvalue weighted by atomic mass is 10.2. The number of hydrogen-bond donors (Lipinski definition) is 0. The highest BCUT2D eigenvalue weighted by molar-refractivity contribution is 7.84. The van der Waals surface area contributed by atoms with Gasteiger partial charge in [0.25, 0.3) is 0 Å². The standard InChI is InChI=1S/C9H13NO2S/c1-6(2)9-10-7-5-13(11)4-3-8(7)12-9/h6H,3-5H2,1-2H3. The molecule has 1 atom stereocenters. The van der Waals surface area contributed by atoms with E-state index in [-0.39, 0.29) is 0 Å². The highest BCUT2D eigenvalue weighted by Gasteiger charge is 2.21. The van der Waals surface area contributed by atoms with E-state index in [0.717, 1.165) is 29.5 Å². The number of rotatable bonds is 1. The summed E-state index contributed by atoms with van der Waals surface area (Å²) in [4.78, 5) is 4.34. The van der Waals surface area contributed by atoms with Gasteiger partial charge in [0.2, 0.25) is 0 Å². The Morgan fingerprint density at radius 1 is 1.54 bits per heavy atom. The van der Waals surface area contributed by atoms with Gasteiger partial charge in [-0.3, -0.25) is 4.21 Å². The number of fused-ring (bicyclic) bond motifs is 1. The third-order valence-corrected chi connectivity index (χ3v) is 3.40. The van der Waals surface area contributed by atoms with E-state index in [1.807, 2.05) is 13.8 Å². The van der Waals surface area contributed by atoms with Gasteiger partial charge in [0.05, 0.1) is 11.4 Å². The highest BCUT2D eigenvalue weighted by Crippen LogP contribution is 2.23. The molecule has 0 saturated heterocycles. The first-order chi connectivity index (χ1) is 6.16. The van der Waals surface area contributed by atoms with Crippen molar-refractivity contribution in [2.24, 2.45) is 0 Å². The largest absolute Gasteiger partial charge is 0.445 e. The molecule has 0 radical (unpaired) electrons. The maximum atomic E-state index is 11.2. The van der Waals surface area contributed by atoms with Gasteiger partial charge in [0.15, 0.2) is 5.89 Å². The summed E-state index contributed by atoms with van der Waals surface area (Å²) in [5.74, 6) is 3.34. The van der Waals surface area contributed by atoms with Crippen LogP contribution in [0.3, 0.4) is 0 Å². The fourth-order valence-corrected chi connectivity index (χ4v) is 2.48. The lowest BCUT2D eigenvalue weighted by molar-refractivity contribution is 0.438. The molecule has 0 fully saturated rings. The van der Waals surface area contributed by atoms with Gasteiger partial charge in [-0.2, -0.15) is 0 Å². The van der Waals surface area contributed by atoms with Gasteiger partial charge in [-0.25, -0.2) is 4.98 Å². The molecule has 1 aromatic rings. The van der Waals surface area contributed by atoms with Crippen LogP contribution in [0.4, 0.5) is 0 Å². The van der Waals surface area contributed by atoms with Crippen LogP contribution < -0.4 is 0 Å². The minimum atomic E-state index is -0.724. The number of hydrogen-bond acceptors (Lipinski definition) is 3. The SMILES string of the molecule is CC(C)c1nc2c(o1)CCS(=O)C2. The van der Waals surface area contributed by atoms with Crippen molar-refractivity contribution in [1.29, 1.82) is 0 Å². The van der Waals surface area contributed by atoms with E-state index >= 15 is 0 Å². The maximum Gasteiger partial charge on any atom is 0.197 e. The normalized spacial score (nSPS) is 21.9. The van der Waals surface area contributed by atoms with Crippen LogP contribution in [0, 0.1) is 0 Å².